The van der Waals surface area contributed by atoms with Gasteiger partial charge >= 0.3 is 0 Å². The molecule has 0 radical (unpaired) electrons. The number of carbonyl (C=O) groups is 1. The molecule has 1 aliphatic rings. The maximum atomic E-state index is 13.1. The molecule has 9 heteroatoms. The number of halogens is 1. The van der Waals surface area contributed by atoms with Crippen molar-refractivity contribution in [3.63, 3.8) is 0 Å². The molecule has 1 saturated heterocycles. The second-order valence-electron chi connectivity index (χ2n) is 12.4. The Morgan fingerprint density at radius 2 is 1.56 bits per heavy atom. The molecule has 0 atom stereocenters. The Morgan fingerprint density at radius 1 is 0.820 bits per heavy atom. The van der Waals surface area contributed by atoms with Gasteiger partial charge in [0.25, 0.3) is 0 Å². The molecule has 1 aliphatic heterocycles. The minimum absolute atomic E-state index is 0.0278. The van der Waals surface area contributed by atoms with Crippen LogP contribution in [0.15, 0.2) is 110 Å². The van der Waals surface area contributed by atoms with E-state index in [9.17, 15) is 4.79 Å². The standard InChI is InChI=1S/C41H41ClN4O4/c1-30-24-35(25-31(2)41(30)50-39-12-11-38(27-44-39)49-29-34-14-17-43-18-15-34)10-13-40(47)46-21-19-45(20-22-46)28-33-8-6-32(7-9-33)16-23-48-37-5-3-4-36(42)26-37/h3-15,17-18,24-27H,16,19-23,28-29H2,1-2H3/b13-10+. The Balaban J connectivity index is 0.934. The van der Waals surface area contributed by atoms with Crippen LogP contribution in [-0.4, -0.2) is 58.5 Å². The van der Waals surface area contributed by atoms with Gasteiger partial charge in [-0.3, -0.25) is 14.7 Å². The molecular formula is C41H41ClN4O4. The molecule has 256 valence electrons. The van der Waals surface area contributed by atoms with Crippen LogP contribution in [0.2, 0.25) is 5.02 Å². The summed E-state index contributed by atoms with van der Waals surface area (Å²) < 4.78 is 17.8. The second-order valence-corrected chi connectivity index (χ2v) is 12.8. The number of aryl methyl sites for hydroxylation is 2. The second kappa shape index (κ2) is 17.0. The lowest BCUT2D eigenvalue weighted by Crippen LogP contribution is -2.47. The largest absolute Gasteiger partial charge is 0.493 e. The zero-order valence-electron chi connectivity index (χ0n) is 28.4. The van der Waals surface area contributed by atoms with Gasteiger partial charge in [0.05, 0.1) is 12.8 Å². The number of nitrogens with zero attached hydrogens (tertiary/aromatic N) is 4. The van der Waals surface area contributed by atoms with Crippen molar-refractivity contribution >= 4 is 23.6 Å². The first-order chi connectivity index (χ1) is 24.4. The first-order valence-electron chi connectivity index (χ1n) is 16.8. The van der Waals surface area contributed by atoms with Crippen molar-refractivity contribution < 1.29 is 19.0 Å². The van der Waals surface area contributed by atoms with E-state index in [1.165, 1.54) is 11.1 Å². The first-order valence-corrected chi connectivity index (χ1v) is 17.2. The van der Waals surface area contributed by atoms with Crippen LogP contribution in [0, 0.1) is 13.8 Å². The number of aromatic nitrogens is 2. The van der Waals surface area contributed by atoms with Crippen LogP contribution >= 0.6 is 11.6 Å². The van der Waals surface area contributed by atoms with Gasteiger partial charge in [-0.05, 0) is 102 Å². The normalized spacial score (nSPS) is 13.4. The Kier molecular flexibility index (Phi) is 11.8. The lowest BCUT2D eigenvalue weighted by Gasteiger charge is -2.34. The molecule has 0 bridgehead atoms. The van der Waals surface area contributed by atoms with E-state index < -0.39 is 0 Å². The molecule has 6 rings (SSSR count). The highest BCUT2D eigenvalue weighted by Gasteiger charge is 2.20. The van der Waals surface area contributed by atoms with E-state index in [1.54, 1.807) is 30.7 Å². The number of piperazine rings is 1. The molecule has 0 aliphatic carbocycles. The molecule has 3 aromatic carbocycles. The molecular weight excluding hydrogens is 648 g/mol. The SMILES string of the molecule is Cc1cc(/C=C/C(=O)N2CCN(Cc3ccc(CCOc4cccc(Cl)c4)cc3)CC2)cc(C)c1Oc1ccc(OCc2ccncc2)cn1. The number of pyridine rings is 2. The van der Waals surface area contributed by atoms with Gasteiger partial charge in [-0.1, -0.05) is 41.9 Å². The fraction of sp³-hybridized carbons (Fsp3) is 0.244. The van der Waals surface area contributed by atoms with Gasteiger partial charge < -0.3 is 19.1 Å². The molecule has 3 heterocycles. The summed E-state index contributed by atoms with van der Waals surface area (Å²) in [6.45, 7) is 8.98. The van der Waals surface area contributed by atoms with E-state index >= 15 is 0 Å². The van der Waals surface area contributed by atoms with Crippen LogP contribution in [0.3, 0.4) is 0 Å². The lowest BCUT2D eigenvalue weighted by molar-refractivity contribution is -0.127. The minimum Gasteiger partial charge on any atom is -0.493 e. The van der Waals surface area contributed by atoms with Crippen molar-refractivity contribution in [2.75, 3.05) is 32.8 Å². The summed E-state index contributed by atoms with van der Waals surface area (Å²) in [6.07, 6.45) is 9.52. The molecule has 8 nitrogen and oxygen atoms in total. The van der Waals surface area contributed by atoms with Crippen molar-refractivity contribution in [3.05, 3.63) is 148 Å². The van der Waals surface area contributed by atoms with E-state index in [2.05, 4.69) is 39.1 Å². The number of carbonyl (C=O) groups excluding carboxylic acids is 1. The van der Waals surface area contributed by atoms with Crippen LogP contribution < -0.4 is 14.2 Å². The van der Waals surface area contributed by atoms with E-state index in [0.717, 1.165) is 59.8 Å². The predicted octanol–water partition coefficient (Wildman–Crippen LogP) is 8.10. The van der Waals surface area contributed by atoms with Gasteiger partial charge in [0, 0.05) is 68.7 Å². The van der Waals surface area contributed by atoms with Crippen molar-refractivity contribution in [2.45, 2.75) is 33.4 Å². The first kappa shape index (κ1) is 34.7. The van der Waals surface area contributed by atoms with Crippen molar-refractivity contribution in [1.29, 1.82) is 0 Å². The number of rotatable bonds is 13. The van der Waals surface area contributed by atoms with Gasteiger partial charge in [-0.15, -0.1) is 0 Å². The summed E-state index contributed by atoms with van der Waals surface area (Å²) in [5.74, 6) is 2.71. The number of amides is 1. The number of benzene rings is 3. The maximum absolute atomic E-state index is 13.1. The molecule has 1 amide bonds. The fourth-order valence-corrected chi connectivity index (χ4v) is 6.00. The van der Waals surface area contributed by atoms with E-state index in [1.807, 2.05) is 79.4 Å². The van der Waals surface area contributed by atoms with Crippen LogP contribution in [0.25, 0.3) is 6.08 Å². The van der Waals surface area contributed by atoms with E-state index in [-0.39, 0.29) is 5.91 Å². The summed E-state index contributed by atoms with van der Waals surface area (Å²) in [7, 11) is 0. The lowest BCUT2D eigenvalue weighted by atomic mass is 10.1. The smallest absolute Gasteiger partial charge is 0.246 e. The van der Waals surface area contributed by atoms with Gasteiger partial charge in [-0.25, -0.2) is 4.98 Å². The summed E-state index contributed by atoms with van der Waals surface area (Å²) in [6, 6.07) is 27.7. The Labute approximate surface area is 298 Å². The van der Waals surface area contributed by atoms with Gasteiger partial charge in [0.1, 0.15) is 23.9 Å². The van der Waals surface area contributed by atoms with Gasteiger partial charge in [0.2, 0.25) is 11.8 Å². The van der Waals surface area contributed by atoms with Crippen LogP contribution in [0.5, 0.6) is 23.1 Å². The Bertz CT molecular complexity index is 1870. The third-order valence-electron chi connectivity index (χ3n) is 8.54. The summed E-state index contributed by atoms with van der Waals surface area (Å²) in [5, 5.41) is 0.675. The molecule has 5 aromatic rings. The summed E-state index contributed by atoms with van der Waals surface area (Å²) in [4.78, 5) is 25.8. The van der Waals surface area contributed by atoms with Crippen LogP contribution in [0.1, 0.15) is 33.4 Å². The van der Waals surface area contributed by atoms with Crippen molar-refractivity contribution in [3.8, 4) is 23.1 Å². The quantitative estimate of drug-likeness (QED) is 0.116. The summed E-state index contributed by atoms with van der Waals surface area (Å²) >= 11 is 6.04. The molecule has 0 N–H and O–H groups in total. The van der Waals surface area contributed by atoms with Crippen LogP contribution in [0.4, 0.5) is 0 Å². The molecule has 1 fully saturated rings. The number of hydrogen-bond donors (Lipinski definition) is 0. The predicted molar refractivity (Wildman–Crippen MR) is 197 cm³/mol. The van der Waals surface area contributed by atoms with Crippen molar-refractivity contribution in [1.82, 2.24) is 19.8 Å². The van der Waals surface area contributed by atoms with E-state index in [4.69, 9.17) is 25.8 Å². The third kappa shape index (κ3) is 9.94. The zero-order valence-corrected chi connectivity index (χ0v) is 29.2. The highest BCUT2D eigenvalue weighted by molar-refractivity contribution is 6.30. The molecule has 50 heavy (non-hydrogen) atoms. The molecule has 0 saturated carbocycles. The number of hydrogen-bond acceptors (Lipinski definition) is 7. The Hall–Kier alpha value is -5.18. The average Bonchev–Trinajstić information content (AvgIpc) is 3.13. The summed E-state index contributed by atoms with van der Waals surface area (Å²) in [5.41, 5.74) is 6.41. The minimum atomic E-state index is 0.0278. The fourth-order valence-electron chi connectivity index (χ4n) is 5.82. The highest BCUT2D eigenvalue weighted by atomic mass is 35.5. The number of ether oxygens (including phenoxy) is 3. The van der Waals surface area contributed by atoms with Gasteiger partial charge in [-0.2, -0.15) is 0 Å². The van der Waals surface area contributed by atoms with Crippen LogP contribution in [-0.2, 0) is 24.4 Å². The van der Waals surface area contributed by atoms with Gasteiger partial charge in [0.15, 0.2) is 0 Å². The average molecular weight is 689 g/mol. The van der Waals surface area contributed by atoms with Crippen molar-refractivity contribution in [2.24, 2.45) is 0 Å². The Morgan fingerprint density at radius 3 is 2.26 bits per heavy atom. The third-order valence-corrected chi connectivity index (χ3v) is 8.78. The topological polar surface area (TPSA) is 77.0 Å². The molecule has 2 aromatic heterocycles. The van der Waals surface area contributed by atoms with E-state index in [0.29, 0.717) is 43.0 Å². The zero-order chi connectivity index (χ0) is 34.7. The maximum Gasteiger partial charge on any atom is 0.246 e. The monoisotopic (exact) mass is 688 g/mol. The highest BCUT2D eigenvalue weighted by Crippen LogP contribution is 2.30. The molecule has 0 unspecified atom stereocenters. The molecule has 0 spiro atoms.